The van der Waals surface area contributed by atoms with E-state index in [1.807, 2.05) is 0 Å². The molecule has 0 aliphatic carbocycles. The van der Waals surface area contributed by atoms with Gasteiger partial charge < -0.3 is 33.8 Å². The van der Waals surface area contributed by atoms with Gasteiger partial charge >= 0.3 is 39.5 Å². The van der Waals surface area contributed by atoms with Gasteiger partial charge in [0.1, 0.15) is 19.3 Å². The van der Waals surface area contributed by atoms with E-state index in [0.29, 0.717) is 25.7 Å². The maximum absolute atomic E-state index is 13.1. The molecule has 0 aliphatic rings. The fourth-order valence-corrected chi connectivity index (χ4v) is 12.6. The Bertz CT molecular complexity index is 1950. The highest BCUT2D eigenvalue weighted by Gasteiger charge is 2.30. The van der Waals surface area contributed by atoms with Crippen molar-refractivity contribution in [2.45, 2.75) is 381 Å². The summed E-state index contributed by atoms with van der Waals surface area (Å²) in [5.41, 5.74) is 0. The van der Waals surface area contributed by atoms with E-state index in [0.717, 1.165) is 120 Å². The second-order valence-corrected chi connectivity index (χ2v) is 31.0. The zero-order valence-electron chi connectivity index (χ0n) is 61.6. The normalized spacial score (nSPS) is 14.2. The van der Waals surface area contributed by atoms with Crippen LogP contribution in [0.5, 0.6) is 0 Å². The van der Waals surface area contributed by atoms with E-state index in [1.54, 1.807) is 0 Å². The summed E-state index contributed by atoms with van der Waals surface area (Å²) in [6, 6.07) is 0. The molecule has 19 heteroatoms. The molecule has 0 amide bonds. The Morgan fingerprint density at radius 1 is 0.326 bits per heavy atom. The second-order valence-electron chi connectivity index (χ2n) is 28.1. The maximum Gasteiger partial charge on any atom is 0.472 e. The molecule has 0 rings (SSSR count). The van der Waals surface area contributed by atoms with E-state index in [2.05, 4.69) is 72.8 Å². The van der Waals surface area contributed by atoms with Gasteiger partial charge in [0.2, 0.25) is 0 Å². The van der Waals surface area contributed by atoms with E-state index >= 15 is 0 Å². The van der Waals surface area contributed by atoms with Crippen molar-refractivity contribution in [1.29, 1.82) is 0 Å². The van der Waals surface area contributed by atoms with Crippen molar-refractivity contribution in [2.24, 2.45) is 17.8 Å². The monoisotopic (exact) mass is 1390 g/mol. The van der Waals surface area contributed by atoms with Crippen LogP contribution in [0, 0.1) is 17.8 Å². The molecule has 95 heavy (non-hydrogen) atoms. The Morgan fingerprint density at radius 2 is 0.568 bits per heavy atom. The van der Waals surface area contributed by atoms with Crippen LogP contribution in [0.3, 0.4) is 0 Å². The van der Waals surface area contributed by atoms with Crippen LogP contribution in [0.15, 0.2) is 24.3 Å². The number of ether oxygens (including phenoxy) is 4. The number of rotatable bonds is 72. The molecule has 3 unspecified atom stereocenters. The lowest BCUT2D eigenvalue weighted by molar-refractivity contribution is -0.161. The number of esters is 4. The highest BCUT2D eigenvalue weighted by molar-refractivity contribution is 7.47. The van der Waals surface area contributed by atoms with Gasteiger partial charge in [-0.1, -0.05) is 310 Å². The van der Waals surface area contributed by atoms with Crippen molar-refractivity contribution in [3.8, 4) is 0 Å². The first-order valence-corrected chi connectivity index (χ1v) is 41.7. The summed E-state index contributed by atoms with van der Waals surface area (Å²) in [5.74, 6) is 0.115. The SMILES string of the molecule is CCCCCC/C=C\C=C/CCCCCCCC(=O)O[C@H](COC(=O)CCCCCCCCCCCCCCCC(C)C)COP(=O)(O)OCC(O)COP(=O)(O)OC[C@@H](COC(=O)CCCCCCCCCCC(C)C)OC(=O)CCCCCCCCCCCCC(C)C. The number of phosphoric acid groups is 2. The third-order valence-electron chi connectivity index (χ3n) is 17.0. The van der Waals surface area contributed by atoms with E-state index in [-0.39, 0.29) is 25.7 Å². The number of aliphatic hydroxyl groups is 1. The Hall–Kier alpha value is -2.46. The van der Waals surface area contributed by atoms with Crippen LogP contribution in [0.4, 0.5) is 0 Å². The standard InChI is InChI=1S/C76H144O17P2/c1-8-9-10-11-12-13-14-15-16-19-23-29-38-45-52-59-75(80)92-71(63-86-73(78)57-50-43-36-28-22-20-17-18-21-26-33-40-47-54-67(2)3)65-90-94(82,83)88-61-70(77)62-89-95(84,85)91-66-72(64-87-74(79)58-51-44-37-32-31-35-42-49-56-69(6)7)93-76(81)60-53-46-39-30-25-24-27-34-41-48-55-68(4)5/h13-16,67-72,77H,8-12,17-66H2,1-7H3,(H,82,83)(H,84,85)/b14-13-,16-15-/t70?,71-,72-/m1/s1. The smallest absolute Gasteiger partial charge is 0.462 e. The van der Waals surface area contributed by atoms with E-state index in [9.17, 15) is 43.2 Å². The van der Waals surface area contributed by atoms with Gasteiger partial charge in [-0.3, -0.25) is 37.3 Å². The van der Waals surface area contributed by atoms with Crippen molar-refractivity contribution >= 4 is 39.5 Å². The Morgan fingerprint density at radius 3 is 0.853 bits per heavy atom. The molecule has 560 valence electrons. The van der Waals surface area contributed by atoms with Crippen molar-refractivity contribution in [1.82, 2.24) is 0 Å². The summed E-state index contributed by atoms with van der Waals surface area (Å²) in [6.45, 7) is 11.8. The van der Waals surface area contributed by atoms with Crippen LogP contribution in [0.2, 0.25) is 0 Å². The molecule has 0 saturated carbocycles. The predicted molar refractivity (Wildman–Crippen MR) is 386 cm³/mol. The fraction of sp³-hybridized carbons (Fsp3) is 0.895. The summed E-state index contributed by atoms with van der Waals surface area (Å²) >= 11 is 0. The third-order valence-corrected chi connectivity index (χ3v) is 18.9. The Balaban J connectivity index is 5.30. The van der Waals surface area contributed by atoms with Crippen LogP contribution >= 0.6 is 15.6 Å². The second kappa shape index (κ2) is 66.1. The Labute approximate surface area is 580 Å². The lowest BCUT2D eigenvalue weighted by Crippen LogP contribution is -2.30. The minimum atomic E-state index is -4.97. The van der Waals surface area contributed by atoms with Gasteiger partial charge in [0.25, 0.3) is 0 Å². The minimum Gasteiger partial charge on any atom is -0.462 e. The van der Waals surface area contributed by atoms with Crippen LogP contribution in [0.25, 0.3) is 0 Å². The quantitative estimate of drug-likeness (QED) is 0.0169. The average molecular weight is 1390 g/mol. The van der Waals surface area contributed by atoms with E-state index < -0.39 is 97.5 Å². The molecule has 0 aromatic carbocycles. The van der Waals surface area contributed by atoms with E-state index in [4.69, 9.17) is 37.0 Å². The first-order chi connectivity index (χ1) is 45.7. The molecular weight excluding hydrogens is 1250 g/mol. The predicted octanol–water partition coefficient (Wildman–Crippen LogP) is 21.7. The molecule has 0 bridgehead atoms. The van der Waals surface area contributed by atoms with E-state index in [1.165, 1.54) is 161 Å². The zero-order valence-corrected chi connectivity index (χ0v) is 63.4. The highest BCUT2D eigenvalue weighted by atomic mass is 31.2. The van der Waals surface area contributed by atoms with Crippen molar-refractivity contribution in [3.63, 3.8) is 0 Å². The molecule has 17 nitrogen and oxygen atoms in total. The zero-order chi connectivity index (χ0) is 70.1. The third kappa shape index (κ3) is 69.8. The molecule has 0 fully saturated rings. The summed E-state index contributed by atoms with van der Waals surface area (Å²) in [7, 11) is -9.93. The van der Waals surface area contributed by atoms with Crippen molar-refractivity contribution in [2.75, 3.05) is 39.6 Å². The summed E-state index contributed by atoms with van der Waals surface area (Å²) in [5, 5.41) is 10.6. The number of phosphoric ester groups is 2. The van der Waals surface area contributed by atoms with Gasteiger partial charge in [0, 0.05) is 25.7 Å². The molecule has 0 aromatic heterocycles. The van der Waals surface area contributed by atoms with Gasteiger partial charge in [-0.25, -0.2) is 9.13 Å². The molecule has 0 heterocycles. The average Bonchev–Trinajstić information content (AvgIpc) is 3.73. The number of aliphatic hydroxyl groups excluding tert-OH is 1. The number of hydrogen-bond donors (Lipinski definition) is 3. The molecule has 0 spiro atoms. The molecule has 0 aromatic rings. The summed E-state index contributed by atoms with van der Waals surface area (Å²) in [6.07, 6.45) is 54.9. The summed E-state index contributed by atoms with van der Waals surface area (Å²) < 4.78 is 68.5. The first kappa shape index (κ1) is 92.5. The number of carbonyl (C=O) groups excluding carboxylic acids is 4. The lowest BCUT2D eigenvalue weighted by Gasteiger charge is -2.21. The van der Waals surface area contributed by atoms with Gasteiger partial charge in [0.05, 0.1) is 26.4 Å². The van der Waals surface area contributed by atoms with Crippen LogP contribution in [-0.2, 0) is 65.4 Å². The first-order valence-electron chi connectivity index (χ1n) is 38.7. The number of unbranched alkanes of at least 4 members (excludes halogenated alkanes) is 37. The molecule has 5 atom stereocenters. The van der Waals surface area contributed by atoms with Gasteiger partial charge in [0.15, 0.2) is 12.2 Å². The molecule has 3 N–H and O–H groups in total. The van der Waals surface area contributed by atoms with Crippen molar-refractivity contribution < 1.29 is 80.2 Å². The van der Waals surface area contributed by atoms with Crippen LogP contribution < -0.4 is 0 Å². The largest absolute Gasteiger partial charge is 0.472 e. The number of allylic oxidation sites excluding steroid dienone is 4. The lowest BCUT2D eigenvalue weighted by atomic mass is 10.0. The Kier molecular flexibility index (Phi) is 64.4. The highest BCUT2D eigenvalue weighted by Crippen LogP contribution is 2.45. The van der Waals surface area contributed by atoms with Gasteiger partial charge in [-0.15, -0.1) is 0 Å². The molecule has 0 saturated heterocycles. The molecular formula is C76H144O17P2. The topological polar surface area (TPSA) is 237 Å². The van der Waals surface area contributed by atoms with Crippen LogP contribution in [0.1, 0.15) is 363 Å². The van der Waals surface area contributed by atoms with Crippen molar-refractivity contribution in [3.05, 3.63) is 24.3 Å². The summed E-state index contributed by atoms with van der Waals surface area (Å²) in [4.78, 5) is 72.8. The van der Waals surface area contributed by atoms with Gasteiger partial charge in [-0.2, -0.15) is 0 Å². The minimum absolute atomic E-state index is 0.0848. The molecule has 0 aliphatic heterocycles. The molecule has 0 radical (unpaired) electrons. The van der Waals surface area contributed by atoms with Crippen LogP contribution in [-0.4, -0.2) is 96.7 Å². The number of hydrogen-bond acceptors (Lipinski definition) is 15. The fourth-order valence-electron chi connectivity index (χ4n) is 11.1. The van der Waals surface area contributed by atoms with Gasteiger partial charge in [-0.05, 0) is 69.1 Å². The number of carbonyl (C=O) groups is 4. The maximum atomic E-state index is 13.1.